The molecule has 0 aliphatic heterocycles. The zero-order valence-corrected chi connectivity index (χ0v) is 14.1. The average molecular weight is 316 g/mol. The predicted octanol–water partition coefficient (Wildman–Crippen LogP) is 2.10. The first-order valence-electron chi connectivity index (χ1n) is 7.72. The first-order chi connectivity index (χ1) is 10.8. The van der Waals surface area contributed by atoms with Crippen LogP contribution in [0.2, 0.25) is 0 Å². The smallest absolute Gasteiger partial charge is 0.254 e. The van der Waals surface area contributed by atoms with Crippen LogP contribution in [-0.4, -0.2) is 38.4 Å². The molecule has 23 heavy (non-hydrogen) atoms. The Labute approximate surface area is 136 Å². The minimum atomic E-state index is -0.393. The second kappa shape index (κ2) is 6.91. The number of rotatable bonds is 6. The number of hydrogen-bond donors (Lipinski definition) is 2. The summed E-state index contributed by atoms with van der Waals surface area (Å²) >= 11 is 0. The van der Waals surface area contributed by atoms with Gasteiger partial charge < -0.3 is 10.4 Å². The lowest BCUT2D eigenvalue weighted by Gasteiger charge is -2.26. The molecule has 6 heteroatoms. The Morgan fingerprint density at radius 1 is 1.43 bits per heavy atom. The number of hydrogen-bond acceptors (Lipinski definition) is 4. The van der Waals surface area contributed by atoms with E-state index < -0.39 is 6.10 Å². The van der Waals surface area contributed by atoms with Crippen LogP contribution >= 0.6 is 0 Å². The molecule has 2 aromatic heterocycles. The van der Waals surface area contributed by atoms with E-state index in [0.29, 0.717) is 24.3 Å². The molecule has 1 amide bonds. The van der Waals surface area contributed by atoms with Crippen LogP contribution in [0.4, 0.5) is 0 Å². The van der Waals surface area contributed by atoms with Crippen molar-refractivity contribution in [3.05, 3.63) is 41.9 Å². The molecule has 0 aromatic carbocycles. The molecule has 2 rings (SSSR count). The van der Waals surface area contributed by atoms with Crippen LogP contribution in [-0.2, 0) is 0 Å². The summed E-state index contributed by atoms with van der Waals surface area (Å²) in [5.41, 5.74) is 1.10. The summed E-state index contributed by atoms with van der Waals surface area (Å²) in [6, 6.07) is 5.55. The lowest BCUT2D eigenvalue weighted by atomic mass is 9.87. The normalized spacial score (nSPS) is 12.9. The summed E-state index contributed by atoms with van der Waals surface area (Å²) in [6.07, 6.45) is 3.48. The van der Waals surface area contributed by atoms with E-state index in [-0.39, 0.29) is 11.3 Å². The van der Waals surface area contributed by atoms with Crippen LogP contribution in [0, 0.1) is 12.3 Å². The van der Waals surface area contributed by atoms with Crippen molar-refractivity contribution >= 4 is 5.91 Å². The fraction of sp³-hybridized carbons (Fsp3) is 0.471. The van der Waals surface area contributed by atoms with Crippen molar-refractivity contribution in [1.82, 2.24) is 20.1 Å². The molecule has 0 spiro atoms. The zero-order valence-electron chi connectivity index (χ0n) is 14.1. The summed E-state index contributed by atoms with van der Waals surface area (Å²) in [5, 5.41) is 16.7. The van der Waals surface area contributed by atoms with Crippen molar-refractivity contribution in [3.63, 3.8) is 0 Å². The molecule has 0 saturated heterocycles. The first kappa shape index (κ1) is 17.1. The third kappa shape index (κ3) is 4.39. The monoisotopic (exact) mass is 316 g/mol. The summed E-state index contributed by atoms with van der Waals surface area (Å²) in [4.78, 5) is 16.6. The van der Waals surface area contributed by atoms with Gasteiger partial charge in [0.15, 0.2) is 5.82 Å². The number of aliphatic hydroxyl groups is 1. The highest BCUT2D eigenvalue weighted by Gasteiger charge is 2.23. The van der Waals surface area contributed by atoms with Crippen LogP contribution in [0.5, 0.6) is 0 Å². The Morgan fingerprint density at radius 2 is 2.17 bits per heavy atom. The largest absolute Gasteiger partial charge is 0.393 e. The van der Waals surface area contributed by atoms with Crippen molar-refractivity contribution in [1.29, 1.82) is 0 Å². The highest BCUT2D eigenvalue weighted by Crippen LogP contribution is 2.21. The molecule has 0 aliphatic rings. The van der Waals surface area contributed by atoms with Gasteiger partial charge >= 0.3 is 0 Å². The molecular weight excluding hydrogens is 292 g/mol. The highest BCUT2D eigenvalue weighted by molar-refractivity contribution is 5.95. The van der Waals surface area contributed by atoms with Gasteiger partial charge in [-0.05, 0) is 37.8 Å². The van der Waals surface area contributed by atoms with Gasteiger partial charge in [-0.2, -0.15) is 5.10 Å². The van der Waals surface area contributed by atoms with Gasteiger partial charge in [0.1, 0.15) is 0 Å². The molecule has 0 fully saturated rings. The van der Waals surface area contributed by atoms with Crippen LogP contribution in [0.15, 0.2) is 30.6 Å². The van der Waals surface area contributed by atoms with Gasteiger partial charge in [-0.15, -0.1) is 0 Å². The quantitative estimate of drug-likeness (QED) is 0.855. The molecule has 124 valence electrons. The van der Waals surface area contributed by atoms with E-state index in [2.05, 4.69) is 15.4 Å². The Morgan fingerprint density at radius 3 is 2.78 bits per heavy atom. The zero-order chi connectivity index (χ0) is 17.0. The maximum atomic E-state index is 12.4. The van der Waals surface area contributed by atoms with Crippen LogP contribution in [0.3, 0.4) is 0 Å². The fourth-order valence-electron chi connectivity index (χ4n) is 2.63. The van der Waals surface area contributed by atoms with Gasteiger partial charge in [0.25, 0.3) is 5.91 Å². The number of nitrogens with zero attached hydrogens (tertiary/aromatic N) is 3. The topological polar surface area (TPSA) is 80.0 Å². The minimum Gasteiger partial charge on any atom is -0.393 e. The van der Waals surface area contributed by atoms with E-state index in [1.165, 1.54) is 0 Å². The Hall–Kier alpha value is -2.21. The molecule has 0 radical (unpaired) electrons. The van der Waals surface area contributed by atoms with Crippen LogP contribution in [0.1, 0.15) is 43.2 Å². The molecular formula is C17H24N4O2. The van der Waals surface area contributed by atoms with E-state index in [4.69, 9.17) is 0 Å². The second-order valence-electron chi connectivity index (χ2n) is 6.64. The molecule has 2 N–H and O–H groups in total. The van der Waals surface area contributed by atoms with Gasteiger partial charge in [0, 0.05) is 12.7 Å². The average Bonchev–Trinajstić information content (AvgIpc) is 2.86. The Kier molecular flexibility index (Phi) is 5.15. The lowest BCUT2D eigenvalue weighted by Crippen LogP contribution is -2.35. The first-order valence-corrected chi connectivity index (χ1v) is 7.72. The van der Waals surface area contributed by atoms with Gasteiger partial charge in [-0.1, -0.05) is 19.9 Å². The molecule has 6 nitrogen and oxygen atoms in total. The predicted molar refractivity (Wildman–Crippen MR) is 88.5 cm³/mol. The second-order valence-corrected chi connectivity index (χ2v) is 6.64. The molecule has 0 saturated carbocycles. The maximum absolute atomic E-state index is 12.4. The number of carbonyl (C=O) groups is 1. The van der Waals surface area contributed by atoms with Gasteiger partial charge in [-0.3, -0.25) is 4.79 Å². The minimum absolute atomic E-state index is 0.164. The third-order valence-electron chi connectivity index (χ3n) is 3.70. The van der Waals surface area contributed by atoms with E-state index in [0.717, 1.165) is 5.69 Å². The molecule has 2 aromatic rings. The SMILES string of the molecule is Cc1c(C(=O)NCC(C)(C)CC(C)O)cnn1-c1ccccn1. The summed E-state index contributed by atoms with van der Waals surface area (Å²) in [5.74, 6) is 0.516. The lowest BCUT2D eigenvalue weighted by molar-refractivity contribution is 0.0901. The van der Waals surface area contributed by atoms with Crippen molar-refractivity contribution in [2.75, 3.05) is 6.54 Å². The number of nitrogens with one attached hydrogen (secondary N) is 1. The number of aliphatic hydroxyl groups excluding tert-OH is 1. The van der Waals surface area contributed by atoms with E-state index in [1.54, 1.807) is 24.0 Å². The van der Waals surface area contributed by atoms with Crippen molar-refractivity contribution in [3.8, 4) is 5.82 Å². The van der Waals surface area contributed by atoms with Crippen molar-refractivity contribution in [2.45, 2.75) is 40.2 Å². The summed E-state index contributed by atoms with van der Waals surface area (Å²) in [6.45, 7) is 8.13. The highest BCUT2D eigenvalue weighted by atomic mass is 16.3. The van der Waals surface area contributed by atoms with E-state index in [9.17, 15) is 9.90 Å². The maximum Gasteiger partial charge on any atom is 0.254 e. The summed E-state index contributed by atoms with van der Waals surface area (Å²) in [7, 11) is 0. The van der Waals surface area contributed by atoms with Crippen LogP contribution < -0.4 is 5.32 Å². The Balaban J connectivity index is 2.08. The standard InChI is InChI=1S/C17H24N4O2/c1-12(22)9-17(3,4)11-19-16(23)14-10-20-21(13(14)2)15-7-5-6-8-18-15/h5-8,10,12,22H,9,11H2,1-4H3,(H,19,23). The van der Waals surface area contributed by atoms with Gasteiger partial charge in [0.2, 0.25) is 0 Å². The number of pyridine rings is 1. The number of carbonyl (C=O) groups excluding carboxylic acids is 1. The number of amides is 1. The Bertz CT molecular complexity index is 662. The van der Waals surface area contributed by atoms with Gasteiger partial charge in [-0.25, -0.2) is 9.67 Å². The molecule has 1 unspecified atom stereocenters. The molecule has 0 aliphatic carbocycles. The fourth-order valence-corrected chi connectivity index (χ4v) is 2.63. The molecule has 1 atom stereocenters. The van der Waals surface area contributed by atoms with E-state index in [1.807, 2.05) is 39.0 Å². The van der Waals surface area contributed by atoms with Gasteiger partial charge in [0.05, 0.1) is 23.6 Å². The third-order valence-corrected chi connectivity index (χ3v) is 3.70. The van der Waals surface area contributed by atoms with Crippen LogP contribution in [0.25, 0.3) is 5.82 Å². The molecule has 0 bridgehead atoms. The van der Waals surface area contributed by atoms with Crippen molar-refractivity contribution in [2.24, 2.45) is 5.41 Å². The number of aromatic nitrogens is 3. The van der Waals surface area contributed by atoms with Crippen molar-refractivity contribution < 1.29 is 9.90 Å². The molecule has 2 heterocycles. The summed E-state index contributed by atoms with van der Waals surface area (Å²) < 4.78 is 1.65. The van der Waals surface area contributed by atoms with E-state index >= 15 is 0 Å².